The molecule has 0 radical (unpaired) electrons. The number of carbonyl (C=O) groups is 1. The molecule has 122 valence electrons. The molecule has 0 aromatic heterocycles. The molecule has 0 spiro atoms. The van der Waals surface area contributed by atoms with Crippen LogP contribution in [0.1, 0.15) is 18.9 Å². The summed E-state index contributed by atoms with van der Waals surface area (Å²) < 4.78 is 5.56. The van der Waals surface area contributed by atoms with Crippen LogP contribution in [0.2, 0.25) is 0 Å². The maximum Gasteiger partial charge on any atom is 0.224 e. The van der Waals surface area contributed by atoms with E-state index < -0.39 is 0 Å². The Morgan fingerprint density at radius 3 is 2.52 bits per heavy atom. The first-order valence-electron chi connectivity index (χ1n) is 7.94. The van der Waals surface area contributed by atoms with Crippen LogP contribution in [0.4, 0.5) is 5.69 Å². The molecule has 1 amide bonds. The molecule has 1 N–H and O–H groups in total. The molecule has 0 heterocycles. The Hall–Kier alpha value is -2.49. The molecule has 0 aliphatic carbocycles. The predicted octanol–water partition coefficient (Wildman–Crippen LogP) is 3.55. The Kier molecular flexibility index (Phi) is 6.48. The largest absolute Gasteiger partial charge is 0.492 e. The van der Waals surface area contributed by atoms with Crippen LogP contribution in [0.25, 0.3) is 0 Å². The zero-order chi connectivity index (χ0) is 16.5. The molecule has 0 unspecified atom stereocenters. The van der Waals surface area contributed by atoms with Gasteiger partial charge in [-0.15, -0.1) is 0 Å². The van der Waals surface area contributed by atoms with Gasteiger partial charge in [-0.1, -0.05) is 42.5 Å². The van der Waals surface area contributed by atoms with E-state index in [4.69, 9.17) is 4.74 Å². The normalized spacial score (nSPS) is 10.2. The van der Waals surface area contributed by atoms with Gasteiger partial charge in [-0.05, 0) is 24.6 Å². The van der Waals surface area contributed by atoms with Crippen molar-refractivity contribution in [2.75, 3.05) is 25.5 Å². The average molecular weight is 312 g/mol. The number of ether oxygens (including phenoxy) is 1. The second-order valence-corrected chi connectivity index (χ2v) is 5.34. The maximum absolute atomic E-state index is 12.2. The smallest absolute Gasteiger partial charge is 0.224 e. The molecule has 0 atom stereocenters. The first-order valence-corrected chi connectivity index (χ1v) is 7.94. The van der Waals surface area contributed by atoms with E-state index in [1.54, 1.807) is 4.90 Å². The van der Waals surface area contributed by atoms with Crippen LogP contribution >= 0.6 is 0 Å². The minimum absolute atomic E-state index is 0.121. The van der Waals surface area contributed by atoms with Crippen molar-refractivity contribution in [2.24, 2.45) is 0 Å². The van der Waals surface area contributed by atoms with E-state index in [0.29, 0.717) is 26.1 Å². The molecule has 0 aliphatic heterocycles. The molecule has 2 aromatic rings. The van der Waals surface area contributed by atoms with Gasteiger partial charge in [-0.25, -0.2) is 0 Å². The third kappa shape index (κ3) is 5.33. The van der Waals surface area contributed by atoms with E-state index in [1.807, 2.05) is 68.6 Å². The second kappa shape index (κ2) is 8.83. The summed E-state index contributed by atoms with van der Waals surface area (Å²) in [5.74, 6) is 0.940. The Morgan fingerprint density at radius 2 is 1.78 bits per heavy atom. The number of amides is 1. The zero-order valence-corrected chi connectivity index (χ0v) is 13.8. The molecule has 4 nitrogen and oxygen atoms in total. The molecule has 2 aromatic carbocycles. The third-order valence-corrected chi connectivity index (χ3v) is 3.53. The number of carbonyl (C=O) groups excluding carboxylic acids is 1. The van der Waals surface area contributed by atoms with Crippen LogP contribution in [0.15, 0.2) is 54.6 Å². The maximum atomic E-state index is 12.2. The van der Waals surface area contributed by atoms with Crippen molar-refractivity contribution in [1.29, 1.82) is 0 Å². The van der Waals surface area contributed by atoms with Crippen LogP contribution in [0, 0.1) is 0 Å². The molecule has 0 aliphatic rings. The highest BCUT2D eigenvalue weighted by Crippen LogP contribution is 2.23. The van der Waals surface area contributed by atoms with Crippen molar-refractivity contribution in [3.63, 3.8) is 0 Å². The molecule has 0 bridgehead atoms. The fourth-order valence-electron chi connectivity index (χ4n) is 2.33. The summed E-state index contributed by atoms with van der Waals surface area (Å²) in [6.45, 7) is 3.80. The number of benzene rings is 2. The fraction of sp³-hybridized carbons (Fsp3) is 0.316. The number of para-hydroxylation sites is 2. The van der Waals surface area contributed by atoms with Crippen LogP contribution < -0.4 is 10.1 Å². The van der Waals surface area contributed by atoms with Crippen molar-refractivity contribution in [1.82, 2.24) is 4.90 Å². The lowest BCUT2D eigenvalue weighted by Crippen LogP contribution is -2.27. The summed E-state index contributed by atoms with van der Waals surface area (Å²) in [6.07, 6.45) is 0.448. The van der Waals surface area contributed by atoms with E-state index in [9.17, 15) is 4.79 Å². The van der Waals surface area contributed by atoms with Gasteiger partial charge in [-0.3, -0.25) is 4.79 Å². The van der Waals surface area contributed by atoms with E-state index in [-0.39, 0.29) is 5.91 Å². The summed E-state index contributed by atoms with van der Waals surface area (Å²) in [7, 11) is 1.84. The van der Waals surface area contributed by atoms with Crippen molar-refractivity contribution < 1.29 is 9.53 Å². The van der Waals surface area contributed by atoms with Gasteiger partial charge in [0.05, 0.1) is 12.3 Å². The van der Waals surface area contributed by atoms with Gasteiger partial charge in [0.15, 0.2) is 0 Å². The molecule has 0 saturated heterocycles. The molecular weight excluding hydrogens is 288 g/mol. The monoisotopic (exact) mass is 312 g/mol. The van der Waals surface area contributed by atoms with E-state index in [2.05, 4.69) is 5.32 Å². The van der Waals surface area contributed by atoms with E-state index in [1.165, 1.54) is 0 Å². The highest BCUT2D eigenvalue weighted by molar-refractivity contribution is 5.76. The molecule has 4 heteroatoms. The number of hydrogen-bond donors (Lipinski definition) is 1. The topological polar surface area (TPSA) is 41.6 Å². The molecule has 0 fully saturated rings. The molecule has 0 saturated carbocycles. The standard InChI is InChI=1S/C19H24N2O2/c1-3-23-18-12-8-7-11-17(18)20-14-13-19(22)21(2)15-16-9-5-4-6-10-16/h4-12,20H,3,13-15H2,1-2H3. The molecular formula is C19H24N2O2. The SMILES string of the molecule is CCOc1ccccc1NCCC(=O)N(C)Cc1ccccc1. The van der Waals surface area contributed by atoms with Crippen LogP contribution in [-0.2, 0) is 11.3 Å². The second-order valence-electron chi connectivity index (χ2n) is 5.34. The fourth-order valence-corrected chi connectivity index (χ4v) is 2.33. The lowest BCUT2D eigenvalue weighted by molar-refractivity contribution is -0.130. The van der Waals surface area contributed by atoms with Crippen molar-refractivity contribution >= 4 is 11.6 Å². The van der Waals surface area contributed by atoms with Gasteiger partial charge in [0.25, 0.3) is 0 Å². The number of nitrogens with zero attached hydrogens (tertiary/aromatic N) is 1. The first-order chi connectivity index (χ1) is 11.2. The number of hydrogen-bond acceptors (Lipinski definition) is 3. The van der Waals surface area contributed by atoms with Gasteiger partial charge in [0.2, 0.25) is 5.91 Å². The van der Waals surface area contributed by atoms with Crippen molar-refractivity contribution in [3.05, 3.63) is 60.2 Å². The van der Waals surface area contributed by atoms with Crippen LogP contribution in [0.5, 0.6) is 5.75 Å². The minimum atomic E-state index is 0.121. The summed E-state index contributed by atoms with van der Waals surface area (Å²) in [6, 6.07) is 17.8. The summed E-state index contributed by atoms with van der Waals surface area (Å²) in [5.41, 5.74) is 2.06. The van der Waals surface area contributed by atoms with Crippen LogP contribution in [0.3, 0.4) is 0 Å². The van der Waals surface area contributed by atoms with Gasteiger partial charge >= 0.3 is 0 Å². The average Bonchev–Trinajstić information content (AvgIpc) is 2.57. The van der Waals surface area contributed by atoms with Crippen molar-refractivity contribution in [3.8, 4) is 5.75 Å². The van der Waals surface area contributed by atoms with Crippen LogP contribution in [-0.4, -0.2) is 31.0 Å². The Morgan fingerprint density at radius 1 is 1.09 bits per heavy atom. The molecule has 23 heavy (non-hydrogen) atoms. The lowest BCUT2D eigenvalue weighted by atomic mass is 10.2. The summed E-state index contributed by atoms with van der Waals surface area (Å²) in [4.78, 5) is 14.0. The highest BCUT2D eigenvalue weighted by atomic mass is 16.5. The Labute approximate surface area is 138 Å². The van der Waals surface area contributed by atoms with E-state index in [0.717, 1.165) is 17.0 Å². The highest BCUT2D eigenvalue weighted by Gasteiger charge is 2.09. The Balaban J connectivity index is 1.80. The Bertz CT molecular complexity index is 614. The predicted molar refractivity (Wildman–Crippen MR) is 93.6 cm³/mol. The summed E-state index contributed by atoms with van der Waals surface area (Å²) in [5, 5.41) is 3.28. The molecule has 2 rings (SSSR count). The number of anilines is 1. The van der Waals surface area contributed by atoms with Gasteiger partial charge in [0.1, 0.15) is 5.75 Å². The quantitative estimate of drug-likeness (QED) is 0.810. The number of nitrogens with one attached hydrogen (secondary N) is 1. The lowest BCUT2D eigenvalue weighted by Gasteiger charge is -2.18. The van der Waals surface area contributed by atoms with E-state index >= 15 is 0 Å². The number of rotatable bonds is 8. The third-order valence-electron chi connectivity index (χ3n) is 3.53. The minimum Gasteiger partial charge on any atom is -0.492 e. The van der Waals surface area contributed by atoms with Gasteiger partial charge in [0, 0.05) is 26.6 Å². The van der Waals surface area contributed by atoms with Gasteiger partial charge in [-0.2, -0.15) is 0 Å². The summed E-state index contributed by atoms with van der Waals surface area (Å²) >= 11 is 0. The first kappa shape index (κ1) is 16.9. The van der Waals surface area contributed by atoms with Gasteiger partial charge < -0.3 is 15.0 Å². The zero-order valence-electron chi connectivity index (χ0n) is 13.8. The van der Waals surface area contributed by atoms with Crippen molar-refractivity contribution in [2.45, 2.75) is 19.9 Å².